The Bertz CT molecular complexity index is 703. The number of nitrogens with zero attached hydrogens (tertiary/aromatic N) is 2. The van der Waals surface area contributed by atoms with Crippen LogP contribution in [0.4, 0.5) is 15.8 Å². The molecular formula is C17H20FN3O4. The largest absolute Gasteiger partial charge is 0.339 e. The third-order valence-electron chi connectivity index (χ3n) is 4.96. The minimum Gasteiger partial charge on any atom is -0.339 e. The number of carbonyl (C=O) groups is 2. The Hall–Kier alpha value is -2.51. The lowest BCUT2D eigenvalue weighted by atomic mass is 9.94. The van der Waals surface area contributed by atoms with Crippen LogP contribution in [-0.4, -0.2) is 34.2 Å². The minimum atomic E-state index is -0.743. The van der Waals surface area contributed by atoms with Crippen molar-refractivity contribution in [1.29, 1.82) is 0 Å². The fourth-order valence-electron chi connectivity index (χ4n) is 3.61. The van der Waals surface area contributed by atoms with Gasteiger partial charge in [0.05, 0.1) is 16.5 Å². The summed E-state index contributed by atoms with van der Waals surface area (Å²) in [5, 5.41) is 13.2. The second kappa shape index (κ2) is 7.16. The van der Waals surface area contributed by atoms with Crippen LogP contribution in [0, 0.1) is 21.8 Å². The zero-order valence-corrected chi connectivity index (χ0v) is 13.7. The highest BCUT2D eigenvalue weighted by molar-refractivity contribution is 5.97. The first-order valence-electron chi connectivity index (χ1n) is 8.50. The first kappa shape index (κ1) is 17.3. The van der Waals surface area contributed by atoms with Crippen LogP contribution >= 0.6 is 0 Å². The van der Waals surface area contributed by atoms with Crippen LogP contribution in [0.2, 0.25) is 0 Å². The van der Waals surface area contributed by atoms with E-state index in [0.29, 0.717) is 6.54 Å². The molecule has 1 atom stereocenters. The monoisotopic (exact) mass is 349 g/mol. The van der Waals surface area contributed by atoms with Crippen molar-refractivity contribution in [3.8, 4) is 0 Å². The van der Waals surface area contributed by atoms with Crippen molar-refractivity contribution in [2.45, 2.75) is 44.6 Å². The van der Waals surface area contributed by atoms with Gasteiger partial charge in [-0.25, -0.2) is 4.39 Å². The van der Waals surface area contributed by atoms with Crippen LogP contribution in [0.15, 0.2) is 18.2 Å². The number of benzene rings is 1. The highest BCUT2D eigenvalue weighted by atomic mass is 19.1. The van der Waals surface area contributed by atoms with E-state index in [2.05, 4.69) is 5.32 Å². The van der Waals surface area contributed by atoms with Crippen molar-refractivity contribution in [3.05, 3.63) is 34.1 Å². The lowest BCUT2D eigenvalue weighted by molar-refractivity contribution is -0.384. The maximum atomic E-state index is 13.8. The fraction of sp³-hybridized carbons (Fsp3) is 0.529. The van der Waals surface area contributed by atoms with Gasteiger partial charge in [-0.05, 0) is 18.9 Å². The number of likely N-dealkylation sites (tertiary alicyclic amines) is 1. The van der Waals surface area contributed by atoms with Crippen LogP contribution < -0.4 is 5.32 Å². The number of hydrogen-bond donors (Lipinski definition) is 1. The van der Waals surface area contributed by atoms with Gasteiger partial charge < -0.3 is 10.2 Å². The van der Waals surface area contributed by atoms with E-state index < -0.39 is 22.6 Å². The molecule has 8 heteroatoms. The van der Waals surface area contributed by atoms with Crippen LogP contribution in [0.3, 0.4) is 0 Å². The van der Waals surface area contributed by atoms with Crippen molar-refractivity contribution >= 4 is 23.2 Å². The van der Waals surface area contributed by atoms with E-state index in [1.54, 1.807) is 4.90 Å². The molecule has 1 N–H and O–H groups in total. The van der Waals surface area contributed by atoms with Crippen LogP contribution in [-0.2, 0) is 9.59 Å². The van der Waals surface area contributed by atoms with E-state index in [1.165, 1.54) is 6.42 Å². The molecule has 1 saturated heterocycles. The summed E-state index contributed by atoms with van der Waals surface area (Å²) in [6, 6.07) is 3.16. The number of nitrogens with one attached hydrogen (secondary N) is 1. The van der Waals surface area contributed by atoms with Gasteiger partial charge >= 0.3 is 0 Å². The number of carbonyl (C=O) groups excluding carboxylic acids is 2. The van der Waals surface area contributed by atoms with Crippen molar-refractivity contribution in [2.24, 2.45) is 5.92 Å². The van der Waals surface area contributed by atoms with E-state index in [0.717, 1.165) is 43.9 Å². The minimum absolute atomic E-state index is 0.0495. The molecule has 1 aromatic carbocycles. The average molecular weight is 349 g/mol. The number of anilines is 1. The van der Waals surface area contributed by atoms with E-state index in [-0.39, 0.29) is 29.7 Å². The number of rotatable bonds is 4. The van der Waals surface area contributed by atoms with Gasteiger partial charge in [0.25, 0.3) is 5.69 Å². The smallest absolute Gasteiger partial charge is 0.271 e. The first-order chi connectivity index (χ1) is 12.0. The lowest BCUT2D eigenvalue weighted by Gasteiger charge is -2.31. The molecule has 3 rings (SSSR count). The Morgan fingerprint density at radius 1 is 1.28 bits per heavy atom. The molecule has 1 saturated carbocycles. The summed E-state index contributed by atoms with van der Waals surface area (Å²) in [5.74, 6) is -1.84. The Kier molecular flexibility index (Phi) is 4.96. The molecule has 0 spiro atoms. The van der Waals surface area contributed by atoms with Gasteiger partial charge in [0.15, 0.2) is 0 Å². The molecule has 25 heavy (non-hydrogen) atoms. The van der Waals surface area contributed by atoms with Crippen molar-refractivity contribution < 1.29 is 18.9 Å². The Labute approximate surface area is 144 Å². The standard InChI is InChI=1S/C17H20FN3O4/c18-14-7-6-13(21(24)25)9-15(14)19-17(23)11-8-16(22)20(10-11)12-4-2-1-3-5-12/h6-7,9,11-12H,1-5,8,10H2,(H,19,23)/t11-/m0/s1. The normalized spacial score (nSPS) is 21.4. The number of nitro benzene ring substituents is 1. The average Bonchev–Trinajstić information content (AvgIpc) is 2.99. The molecule has 0 aromatic heterocycles. The van der Waals surface area contributed by atoms with Crippen LogP contribution in [0.25, 0.3) is 0 Å². The molecule has 2 fully saturated rings. The number of nitro groups is 1. The molecule has 2 aliphatic rings. The van der Waals surface area contributed by atoms with Crippen molar-refractivity contribution in [1.82, 2.24) is 4.90 Å². The SMILES string of the molecule is O=C(Nc1cc([N+](=O)[O-])ccc1F)[C@H]1CC(=O)N(C2CCCCC2)C1. The molecule has 1 heterocycles. The maximum absolute atomic E-state index is 13.8. The quantitative estimate of drug-likeness (QED) is 0.668. The van der Waals surface area contributed by atoms with Crippen LogP contribution in [0.5, 0.6) is 0 Å². The summed E-state index contributed by atoms with van der Waals surface area (Å²) in [5.41, 5.74) is -0.536. The number of halogens is 1. The molecule has 1 aliphatic heterocycles. The molecular weight excluding hydrogens is 329 g/mol. The second-order valence-corrected chi connectivity index (χ2v) is 6.65. The van der Waals surface area contributed by atoms with Gasteiger partial charge in [-0.1, -0.05) is 19.3 Å². The summed E-state index contributed by atoms with van der Waals surface area (Å²) in [4.78, 5) is 36.5. The van der Waals surface area contributed by atoms with Crippen molar-refractivity contribution in [3.63, 3.8) is 0 Å². The topological polar surface area (TPSA) is 92.5 Å². The second-order valence-electron chi connectivity index (χ2n) is 6.65. The lowest BCUT2D eigenvalue weighted by Crippen LogP contribution is -2.38. The van der Waals surface area contributed by atoms with E-state index in [4.69, 9.17) is 0 Å². The third kappa shape index (κ3) is 3.78. The predicted molar refractivity (Wildman–Crippen MR) is 88.4 cm³/mol. The summed E-state index contributed by atoms with van der Waals surface area (Å²) >= 11 is 0. The van der Waals surface area contributed by atoms with E-state index >= 15 is 0 Å². The summed E-state index contributed by atoms with van der Waals surface area (Å²) < 4.78 is 13.8. The fourth-order valence-corrected chi connectivity index (χ4v) is 3.61. The zero-order chi connectivity index (χ0) is 18.0. The van der Waals surface area contributed by atoms with E-state index in [9.17, 15) is 24.1 Å². The Balaban J connectivity index is 1.67. The number of hydrogen-bond acceptors (Lipinski definition) is 4. The number of amides is 2. The first-order valence-corrected chi connectivity index (χ1v) is 8.50. The van der Waals surface area contributed by atoms with Crippen LogP contribution in [0.1, 0.15) is 38.5 Å². The van der Waals surface area contributed by atoms with Crippen molar-refractivity contribution in [2.75, 3.05) is 11.9 Å². The zero-order valence-electron chi connectivity index (χ0n) is 13.7. The molecule has 134 valence electrons. The van der Waals surface area contributed by atoms with E-state index in [1.807, 2.05) is 0 Å². The Morgan fingerprint density at radius 3 is 2.68 bits per heavy atom. The third-order valence-corrected chi connectivity index (χ3v) is 4.96. The highest BCUT2D eigenvalue weighted by Gasteiger charge is 2.38. The molecule has 0 radical (unpaired) electrons. The molecule has 0 bridgehead atoms. The van der Waals surface area contributed by atoms with Gasteiger partial charge in [0.1, 0.15) is 5.82 Å². The molecule has 1 aromatic rings. The summed E-state index contributed by atoms with van der Waals surface area (Å²) in [6.45, 7) is 0.325. The molecule has 2 amide bonds. The summed E-state index contributed by atoms with van der Waals surface area (Å²) in [7, 11) is 0. The molecule has 7 nitrogen and oxygen atoms in total. The van der Waals surface area contributed by atoms with Gasteiger partial charge in [0, 0.05) is 31.1 Å². The highest BCUT2D eigenvalue weighted by Crippen LogP contribution is 2.30. The molecule has 1 aliphatic carbocycles. The van der Waals surface area contributed by atoms with Gasteiger partial charge in [-0.3, -0.25) is 19.7 Å². The molecule has 0 unspecified atom stereocenters. The van der Waals surface area contributed by atoms with Gasteiger partial charge in [-0.15, -0.1) is 0 Å². The maximum Gasteiger partial charge on any atom is 0.271 e. The summed E-state index contributed by atoms with van der Waals surface area (Å²) in [6.07, 6.45) is 5.36. The Morgan fingerprint density at radius 2 is 2.00 bits per heavy atom. The van der Waals surface area contributed by atoms with Gasteiger partial charge in [0.2, 0.25) is 11.8 Å². The van der Waals surface area contributed by atoms with Gasteiger partial charge in [-0.2, -0.15) is 0 Å². The predicted octanol–water partition coefficient (Wildman–Crippen LogP) is 2.85. The number of non-ortho nitro benzene ring substituents is 1.